The summed E-state index contributed by atoms with van der Waals surface area (Å²) in [6, 6.07) is 12.8. The van der Waals surface area contributed by atoms with E-state index in [0.29, 0.717) is 0 Å². The lowest BCUT2D eigenvalue weighted by molar-refractivity contribution is 0.527. The summed E-state index contributed by atoms with van der Waals surface area (Å²) in [7, 11) is -2.89. The van der Waals surface area contributed by atoms with Crippen LogP contribution in [0, 0.1) is 6.92 Å². The average Bonchev–Trinajstić information content (AvgIpc) is 2.40. The van der Waals surface area contributed by atoms with Crippen molar-refractivity contribution in [2.75, 3.05) is 0 Å². The fraction of sp³-hybridized carbons (Fsp3) is 0.647. The molecule has 1 atom stereocenters. The molecule has 1 rings (SSSR count). The van der Waals surface area contributed by atoms with E-state index in [1.807, 2.05) is 0 Å². The first-order valence-corrected chi connectivity index (χ1v) is 14.0. The molecule has 3 heteroatoms. The van der Waals surface area contributed by atoms with E-state index in [1.54, 1.807) is 0 Å². The average molecular weight is 309 g/mol. The van der Waals surface area contributed by atoms with Gasteiger partial charge in [0.2, 0.25) is 0 Å². The van der Waals surface area contributed by atoms with E-state index < -0.39 is 16.6 Å². The Kier molecular flexibility index (Phi) is 6.69. The van der Waals surface area contributed by atoms with Crippen LogP contribution in [-0.2, 0) is 10.5 Å². The van der Waals surface area contributed by atoms with Crippen LogP contribution in [0.2, 0.25) is 37.8 Å². The summed E-state index contributed by atoms with van der Waals surface area (Å²) in [5.74, 6) is 0. The summed E-state index contributed by atoms with van der Waals surface area (Å²) in [4.78, 5) is 0. The van der Waals surface area contributed by atoms with Crippen molar-refractivity contribution in [3.05, 3.63) is 35.4 Å². The van der Waals surface area contributed by atoms with Gasteiger partial charge in [-0.1, -0.05) is 43.7 Å². The van der Waals surface area contributed by atoms with Gasteiger partial charge in [-0.05, 0) is 63.1 Å². The maximum atomic E-state index is 6.66. The first-order valence-electron chi connectivity index (χ1n) is 8.06. The van der Waals surface area contributed by atoms with Crippen molar-refractivity contribution in [2.45, 2.75) is 71.4 Å². The van der Waals surface area contributed by atoms with E-state index in [0.717, 1.165) is 0 Å². The molecule has 1 nitrogen and oxygen atoms in total. The summed E-state index contributed by atoms with van der Waals surface area (Å²) in [6.07, 6.45) is 2.47. The molecule has 114 valence electrons. The summed E-state index contributed by atoms with van der Waals surface area (Å²) in [6.45, 7) is 13.9. The minimum Gasteiger partial charge on any atom is -0.455 e. The lowest BCUT2D eigenvalue weighted by Crippen LogP contribution is -2.45. The molecular formula is C17H32OSi2. The Balaban J connectivity index is 2.50. The number of hydrogen-bond donors (Lipinski definition) is 0. The quantitative estimate of drug-likeness (QED) is 0.554. The zero-order valence-electron chi connectivity index (χ0n) is 14.3. The Hall–Kier alpha value is -0.386. The summed E-state index contributed by atoms with van der Waals surface area (Å²) in [5, 5.41) is 0. The molecule has 0 amide bonds. The molecule has 0 aromatic heterocycles. The minimum atomic E-state index is -1.48. The van der Waals surface area contributed by atoms with Crippen molar-refractivity contribution in [3.8, 4) is 0 Å². The van der Waals surface area contributed by atoms with Gasteiger partial charge in [-0.2, -0.15) is 0 Å². The van der Waals surface area contributed by atoms with E-state index in [2.05, 4.69) is 64.7 Å². The van der Waals surface area contributed by atoms with Gasteiger partial charge in [0.05, 0.1) is 0 Å². The zero-order valence-corrected chi connectivity index (χ0v) is 16.3. The molecule has 0 radical (unpaired) electrons. The van der Waals surface area contributed by atoms with Crippen molar-refractivity contribution in [2.24, 2.45) is 0 Å². The maximum Gasteiger partial charge on any atom is 0.176 e. The van der Waals surface area contributed by atoms with Crippen molar-refractivity contribution in [1.82, 2.24) is 0 Å². The number of aryl methyl sites for hydroxylation is 2. The largest absolute Gasteiger partial charge is 0.455 e. The molecule has 0 aliphatic heterocycles. The standard InChI is InChI=1S/C17H32OSi2/c1-7-19(4,5)18-20(6,8-2)15-9-10-17-13-11-16(3)12-14-17/h11-14H,7-10,15H2,1-6H3. The van der Waals surface area contributed by atoms with E-state index in [4.69, 9.17) is 4.12 Å². The lowest BCUT2D eigenvalue weighted by atomic mass is 10.1. The highest BCUT2D eigenvalue weighted by atomic mass is 28.4. The van der Waals surface area contributed by atoms with Crippen molar-refractivity contribution < 1.29 is 4.12 Å². The van der Waals surface area contributed by atoms with Crippen LogP contribution in [0.5, 0.6) is 0 Å². The molecule has 0 spiro atoms. The molecule has 20 heavy (non-hydrogen) atoms. The topological polar surface area (TPSA) is 9.23 Å². The van der Waals surface area contributed by atoms with Gasteiger partial charge in [0.25, 0.3) is 0 Å². The molecule has 1 aromatic rings. The van der Waals surface area contributed by atoms with Crippen LogP contribution in [0.15, 0.2) is 24.3 Å². The second-order valence-corrected chi connectivity index (χ2v) is 16.0. The predicted molar refractivity (Wildman–Crippen MR) is 95.5 cm³/mol. The molecule has 1 unspecified atom stereocenters. The maximum absolute atomic E-state index is 6.66. The molecule has 0 N–H and O–H groups in total. The van der Waals surface area contributed by atoms with Crippen LogP contribution in [0.3, 0.4) is 0 Å². The Bertz CT molecular complexity index is 400. The zero-order chi connectivity index (χ0) is 15.2. The van der Waals surface area contributed by atoms with E-state index in [-0.39, 0.29) is 0 Å². The highest BCUT2D eigenvalue weighted by molar-refractivity contribution is 6.85. The second-order valence-electron chi connectivity index (χ2n) is 6.86. The van der Waals surface area contributed by atoms with Crippen LogP contribution in [0.25, 0.3) is 0 Å². The first-order chi connectivity index (χ1) is 9.30. The number of rotatable bonds is 8. The van der Waals surface area contributed by atoms with Crippen LogP contribution in [0.1, 0.15) is 31.4 Å². The fourth-order valence-electron chi connectivity index (χ4n) is 2.46. The van der Waals surface area contributed by atoms with Crippen molar-refractivity contribution in [1.29, 1.82) is 0 Å². The monoisotopic (exact) mass is 308 g/mol. The van der Waals surface area contributed by atoms with Gasteiger partial charge >= 0.3 is 0 Å². The number of benzene rings is 1. The van der Waals surface area contributed by atoms with E-state index in [1.165, 1.54) is 42.1 Å². The lowest BCUT2D eigenvalue weighted by Gasteiger charge is -2.35. The molecule has 0 aliphatic carbocycles. The third-order valence-corrected chi connectivity index (χ3v) is 13.2. The molecule has 0 fully saturated rings. The fourth-order valence-corrected chi connectivity index (χ4v) is 10.6. The van der Waals surface area contributed by atoms with Gasteiger partial charge in [0.15, 0.2) is 16.6 Å². The molecule has 0 saturated heterocycles. The minimum absolute atomic E-state index is 1.19. The van der Waals surface area contributed by atoms with Crippen LogP contribution >= 0.6 is 0 Å². The van der Waals surface area contributed by atoms with Gasteiger partial charge in [0, 0.05) is 0 Å². The predicted octanol–water partition coefficient (Wildman–Crippen LogP) is 5.76. The van der Waals surface area contributed by atoms with Crippen LogP contribution in [-0.4, -0.2) is 16.6 Å². The SMILES string of the molecule is CC[Si](C)(C)O[Si](C)(CC)CCCc1ccc(C)cc1. The van der Waals surface area contributed by atoms with Gasteiger partial charge < -0.3 is 4.12 Å². The molecule has 0 heterocycles. The highest BCUT2D eigenvalue weighted by Gasteiger charge is 2.33. The van der Waals surface area contributed by atoms with Gasteiger partial charge in [-0.25, -0.2) is 0 Å². The molecule has 0 aliphatic rings. The molecular weight excluding hydrogens is 276 g/mol. The Morgan fingerprint density at radius 2 is 1.55 bits per heavy atom. The highest BCUT2D eigenvalue weighted by Crippen LogP contribution is 2.26. The third-order valence-electron chi connectivity index (χ3n) is 4.41. The van der Waals surface area contributed by atoms with Gasteiger partial charge in [-0.15, -0.1) is 0 Å². The normalized spacial score (nSPS) is 15.1. The Morgan fingerprint density at radius 1 is 0.950 bits per heavy atom. The molecule has 0 saturated carbocycles. The van der Waals surface area contributed by atoms with Crippen LogP contribution in [0.4, 0.5) is 0 Å². The smallest absolute Gasteiger partial charge is 0.176 e. The second kappa shape index (κ2) is 7.57. The number of hydrogen-bond acceptors (Lipinski definition) is 1. The van der Waals surface area contributed by atoms with E-state index in [9.17, 15) is 0 Å². The summed E-state index contributed by atoms with van der Waals surface area (Å²) < 4.78 is 6.66. The summed E-state index contributed by atoms with van der Waals surface area (Å²) in [5.41, 5.74) is 2.82. The van der Waals surface area contributed by atoms with Crippen molar-refractivity contribution >= 4 is 16.6 Å². The van der Waals surface area contributed by atoms with Gasteiger partial charge in [0.1, 0.15) is 0 Å². The Morgan fingerprint density at radius 3 is 2.05 bits per heavy atom. The molecule has 1 aromatic carbocycles. The first kappa shape index (κ1) is 17.7. The molecule has 0 bridgehead atoms. The van der Waals surface area contributed by atoms with Gasteiger partial charge in [-0.3, -0.25) is 0 Å². The summed E-state index contributed by atoms with van der Waals surface area (Å²) >= 11 is 0. The third kappa shape index (κ3) is 5.94. The van der Waals surface area contributed by atoms with E-state index >= 15 is 0 Å². The van der Waals surface area contributed by atoms with Crippen molar-refractivity contribution in [3.63, 3.8) is 0 Å². The Labute approximate surface area is 128 Å². The van der Waals surface area contributed by atoms with Crippen LogP contribution < -0.4 is 0 Å².